The van der Waals surface area contributed by atoms with Crippen molar-refractivity contribution in [3.05, 3.63) is 12.7 Å². The van der Waals surface area contributed by atoms with Gasteiger partial charge in [-0.25, -0.2) is 0 Å². The summed E-state index contributed by atoms with van der Waals surface area (Å²) < 4.78 is 0. The molecule has 2 heteroatoms. The van der Waals surface area contributed by atoms with E-state index in [0.29, 0.717) is 12.3 Å². The average molecular weight is 212 g/mol. The molecule has 1 fully saturated rings. The Kier molecular flexibility index (Phi) is 5.34. The number of hydrogen-bond donors (Lipinski definition) is 2. The fraction of sp³-hybridized carbons (Fsp3) is 0.846. The fourth-order valence-corrected chi connectivity index (χ4v) is 2.33. The molecule has 1 rings (SSSR count). The highest BCUT2D eigenvalue weighted by Gasteiger charge is 2.25. The second-order valence-corrected chi connectivity index (χ2v) is 4.86. The Balaban J connectivity index is 2.32. The van der Waals surface area contributed by atoms with Gasteiger partial charge in [0.1, 0.15) is 0 Å². The van der Waals surface area contributed by atoms with Crippen LogP contribution >= 0.6 is 0 Å². The predicted molar refractivity (Wildman–Crippen MR) is 62.6 cm³/mol. The Bertz CT molecular complexity index is 185. The predicted octanol–water partition coefficient (Wildman–Crippen LogP) is 2.50. The first-order chi connectivity index (χ1) is 7.15. The summed E-state index contributed by atoms with van der Waals surface area (Å²) in [5, 5.41) is 19.8. The maximum atomic E-state index is 9.99. The summed E-state index contributed by atoms with van der Waals surface area (Å²) in [4.78, 5) is 0. The number of aliphatic hydroxyl groups is 2. The highest BCUT2D eigenvalue weighted by Crippen LogP contribution is 2.29. The van der Waals surface area contributed by atoms with Crippen molar-refractivity contribution < 1.29 is 10.2 Å². The molecule has 3 unspecified atom stereocenters. The Morgan fingerprint density at radius 1 is 1.27 bits per heavy atom. The van der Waals surface area contributed by atoms with Crippen LogP contribution in [0.5, 0.6) is 0 Å². The largest absolute Gasteiger partial charge is 0.393 e. The van der Waals surface area contributed by atoms with Gasteiger partial charge in [0.2, 0.25) is 0 Å². The highest BCUT2D eigenvalue weighted by molar-refractivity contribution is 4.84. The third-order valence-corrected chi connectivity index (χ3v) is 3.66. The molecule has 1 saturated carbocycles. The molecule has 0 spiro atoms. The lowest BCUT2D eigenvalue weighted by Gasteiger charge is -2.28. The van der Waals surface area contributed by atoms with Crippen LogP contribution in [0.1, 0.15) is 45.4 Å². The summed E-state index contributed by atoms with van der Waals surface area (Å²) in [5.74, 6) is 0.480. The van der Waals surface area contributed by atoms with Crippen molar-refractivity contribution in [3.8, 4) is 0 Å². The van der Waals surface area contributed by atoms with E-state index in [1.165, 1.54) is 19.3 Å². The van der Waals surface area contributed by atoms with Crippen LogP contribution in [0.25, 0.3) is 0 Å². The zero-order valence-electron chi connectivity index (χ0n) is 9.73. The molecule has 0 amide bonds. The zero-order chi connectivity index (χ0) is 11.3. The molecule has 2 nitrogen and oxygen atoms in total. The van der Waals surface area contributed by atoms with Gasteiger partial charge in [0.15, 0.2) is 0 Å². The molecule has 15 heavy (non-hydrogen) atoms. The SMILES string of the molecule is C=CC(C)C(O)CC(O)C1CCCCC1. The number of aliphatic hydroxyl groups excluding tert-OH is 2. The summed E-state index contributed by atoms with van der Waals surface area (Å²) in [5.41, 5.74) is 0. The van der Waals surface area contributed by atoms with Crippen molar-refractivity contribution in [1.29, 1.82) is 0 Å². The Labute approximate surface area is 93.0 Å². The summed E-state index contributed by atoms with van der Waals surface area (Å²) in [6.07, 6.45) is 7.48. The minimum absolute atomic E-state index is 0.0724. The summed E-state index contributed by atoms with van der Waals surface area (Å²) >= 11 is 0. The molecule has 3 atom stereocenters. The van der Waals surface area contributed by atoms with Crippen LogP contribution in [-0.4, -0.2) is 22.4 Å². The Morgan fingerprint density at radius 2 is 1.87 bits per heavy atom. The van der Waals surface area contributed by atoms with E-state index in [9.17, 15) is 10.2 Å². The number of rotatable bonds is 5. The van der Waals surface area contributed by atoms with Gasteiger partial charge in [0.25, 0.3) is 0 Å². The Morgan fingerprint density at radius 3 is 2.40 bits per heavy atom. The second-order valence-electron chi connectivity index (χ2n) is 4.86. The first kappa shape index (κ1) is 12.7. The summed E-state index contributed by atoms with van der Waals surface area (Å²) in [6.45, 7) is 5.60. The van der Waals surface area contributed by atoms with Crippen molar-refractivity contribution in [2.45, 2.75) is 57.7 Å². The van der Waals surface area contributed by atoms with Gasteiger partial charge in [-0.15, -0.1) is 6.58 Å². The van der Waals surface area contributed by atoms with Crippen LogP contribution in [0.3, 0.4) is 0 Å². The van der Waals surface area contributed by atoms with Gasteiger partial charge in [0, 0.05) is 6.42 Å². The van der Waals surface area contributed by atoms with Gasteiger partial charge in [-0.1, -0.05) is 32.3 Å². The van der Waals surface area contributed by atoms with Gasteiger partial charge in [-0.3, -0.25) is 0 Å². The third-order valence-electron chi connectivity index (χ3n) is 3.66. The monoisotopic (exact) mass is 212 g/mol. The smallest absolute Gasteiger partial charge is 0.0624 e. The van der Waals surface area contributed by atoms with E-state index in [1.54, 1.807) is 6.08 Å². The van der Waals surface area contributed by atoms with Crippen LogP contribution in [0, 0.1) is 11.8 Å². The van der Waals surface area contributed by atoms with E-state index < -0.39 is 6.10 Å². The van der Waals surface area contributed by atoms with E-state index in [-0.39, 0.29) is 12.0 Å². The molecule has 0 aliphatic heterocycles. The van der Waals surface area contributed by atoms with Gasteiger partial charge >= 0.3 is 0 Å². The van der Waals surface area contributed by atoms with Crippen molar-refractivity contribution in [2.75, 3.05) is 0 Å². The van der Waals surface area contributed by atoms with Crippen LogP contribution in [0.4, 0.5) is 0 Å². The lowest BCUT2D eigenvalue weighted by Crippen LogP contribution is -2.29. The molecule has 1 aliphatic carbocycles. The van der Waals surface area contributed by atoms with Gasteiger partial charge in [0.05, 0.1) is 12.2 Å². The first-order valence-electron chi connectivity index (χ1n) is 6.13. The highest BCUT2D eigenvalue weighted by atomic mass is 16.3. The van der Waals surface area contributed by atoms with E-state index >= 15 is 0 Å². The van der Waals surface area contributed by atoms with Gasteiger partial charge in [-0.2, -0.15) is 0 Å². The van der Waals surface area contributed by atoms with E-state index in [1.807, 2.05) is 6.92 Å². The fourth-order valence-electron chi connectivity index (χ4n) is 2.33. The van der Waals surface area contributed by atoms with Crippen LogP contribution in [0.15, 0.2) is 12.7 Å². The molecule has 1 aliphatic rings. The quantitative estimate of drug-likeness (QED) is 0.687. The molecule has 0 bridgehead atoms. The topological polar surface area (TPSA) is 40.5 Å². The van der Waals surface area contributed by atoms with E-state index in [0.717, 1.165) is 12.8 Å². The first-order valence-corrected chi connectivity index (χ1v) is 6.13. The van der Waals surface area contributed by atoms with E-state index in [4.69, 9.17) is 0 Å². The molecular weight excluding hydrogens is 188 g/mol. The van der Waals surface area contributed by atoms with Crippen molar-refractivity contribution >= 4 is 0 Å². The lowest BCUT2D eigenvalue weighted by atomic mass is 9.82. The molecule has 2 N–H and O–H groups in total. The minimum atomic E-state index is -0.445. The lowest BCUT2D eigenvalue weighted by molar-refractivity contribution is 0.0192. The average Bonchev–Trinajstić information content (AvgIpc) is 2.29. The molecule has 0 aromatic carbocycles. The molecule has 88 valence electrons. The standard InChI is InChI=1S/C13H24O2/c1-3-10(2)12(14)9-13(15)11-7-5-4-6-8-11/h3,10-15H,1,4-9H2,2H3. The normalized spacial score (nSPS) is 24.5. The third kappa shape index (κ3) is 3.96. The minimum Gasteiger partial charge on any atom is -0.393 e. The van der Waals surface area contributed by atoms with Crippen LogP contribution in [0.2, 0.25) is 0 Å². The van der Waals surface area contributed by atoms with Crippen molar-refractivity contribution in [3.63, 3.8) is 0 Å². The van der Waals surface area contributed by atoms with Crippen molar-refractivity contribution in [1.82, 2.24) is 0 Å². The van der Waals surface area contributed by atoms with Crippen LogP contribution < -0.4 is 0 Å². The molecule has 0 heterocycles. The number of hydrogen-bond acceptors (Lipinski definition) is 2. The maximum Gasteiger partial charge on any atom is 0.0624 e. The Hall–Kier alpha value is -0.340. The van der Waals surface area contributed by atoms with Crippen molar-refractivity contribution in [2.24, 2.45) is 11.8 Å². The summed E-state index contributed by atoms with van der Waals surface area (Å²) in [7, 11) is 0. The molecular formula is C13H24O2. The maximum absolute atomic E-state index is 9.99. The van der Waals surface area contributed by atoms with Crippen LogP contribution in [-0.2, 0) is 0 Å². The van der Waals surface area contributed by atoms with E-state index in [2.05, 4.69) is 6.58 Å². The zero-order valence-corrected chi connectivity index (χ0v) is 9.73. The molecule has 0 saturated heterocycles. The van der Waals surface area contributed by atoms with Gasteiger partial charge < -0.3 is 10.2 Å². The molecule has 0 aromatic heterocycles. The molecule has 0 radical (unpaired) electrons. The van der Waals surface area contributed by atoms with Gasteiger partial charge in [-0.05, 0) is 24.7 Å². The summed E-state index contributed by atoms with van der Waals surface area (Å²) in [6, 6.07) is 0. The second kappa shape index (κ2) is 6.29. The molecule has 0 aromatic rings.